The van der Waals surface area contributed by atoms with E-state index in [4.69, 9.17) is 4.98 Å². The maximum Gasteiger partial charge on any atom is 0.0788 e. The van der Waals surface area contributed by atoms with Crippen molar-refractivity contribution < 1.29 is 0 Å². The molecule has 0 N–H and O–H groups in total. The minimum absolute atomic E-state index is 0.434. The van der Waals surface area contributed by atoms with E-state index in [9.17, 15) is 0 Å². The third-order valence-electron chi connectivity index (χ3n) is 12.5. The summed E-state index contributed by atoms with van der Waals surface area (Å²) in [6, 6.07) is 79.8. The third-order valence-corrected chi connectivity index (χ3v) is 12.5. The monoisotopic (exact) mass is 736 g/mol. The van der Waals surface area contributed by atoms with E-state index < -0.39 is 5.41 Å². The van der Waals surface area contributed by atoms with Crippen molar-refractivity contribution in [3.05, 3.63) is 241 Å². The van der Waals surface area contributed by atoms with E-state index in [1.807, 2.05) is 0 Å². The van der Waals surface area contributed by atoms with Crippen molar-refractivity contribution in [2.45, 2.75) is 5.41 Å². The molecule has 0 aliphatic heterocycles. The highest BCUT2D eigenvalue weighted by molar-refractivity contribution is 6.29. The first-order valence-corrected chi connectivity index (χ1v) is 20.1. The molecule has 58 heavy (non-hydrogen) atoms. The van der Waals surface area contributed by atoms with E-state index in [-0.39, 0.29) is 0 Å². The predicted octanol–water partition coefficient (Wildman–Crippen LogP) is 14.2. The Morgan fingerprint density at radius 3 is 1.72 bits per heavy atom. The summed E-state index contributed by atoms with van der Waals surface area (Å²) in [7, 11) is 0. The summed E-state index contributed by atoms with van der Waals surface area (Å²) in [4.78, 5) is 5.23. The van der Waals surface area contributed by atoms with Crippen LogP contribution in [-0.2, 0) is 5.41 Å². The van der Waals surface area contributed by atoms with Crippen LogP contribution in [-0.4, -0.2) is 9.55 Å². The molecular formula is C56H36N2. The minimum atomic E-state index is -0.434. The molecule has 1 aliphatic carbocycles. The largest absolute Gasteiger partial charge is 0.309 e. The van der Waals surface area contributed by atoms with Gasteiger partial charge in [-0.2, -0.15) is 0 Å². The number of hydrogen-bond acceptors (Lipinski definition) is 1. The first kappa shape index (κ1) is 32.7. The zero-order valence-corrected chi connectivity index (χ0v) is 31.7. The fourth-order valence-electron chi connectivity index (χ4n) is 10.0. The summed E-state index contributed by atoms with van der Waals surface area (Å²) in [6.45, 7) is 0. The second kappa shape index (κ2) is 12.7. The van der Waals surface area contributed by atoms with Gasteiger partial charge in [-0.1, -0.05) is 182 Å². The average molecular weight is 737 g/mol. The average Bonchev–Trinajstić information content (AvgIpc) is 3.80. The van der Waals surface area contributed by atoms with E-state index in [0.717, 1.165) is 27.8 Å². The first-order chi connectivity index (χ1) is 28.8. The molecule has 2 nitrogen and oxygen atoms in total. The Labute approximate surface area is 336 Å². The van der Waals surface area contributed by atoms with Gasteiger partial charge >= 0.3 is 0 Å². The molecule has 0 radical (unpaired) electrons. The zero-order chi connectivity index (χ0) is 38.2. The molecule has 0 fully saturated rings. The van der Waals surface area contributed by atoms with E-state index in [0.29, 0.717) is 0 Å². The highest BCUT2D eigenvalue weighted by Gasteiger charge is 2.46. The molecule has 9 aromatic carbocycles. The summed E-state index contributed by atoms with van der Waals surface area (Å²) in [5.74, 6) is 0. The maximum atomic E-state index is 5.23. The predicted molar refractivity (Wildman–Crippen MR) is 242 cm³/mol. The van der Waals surface area contributed by atoms with Crippen molar-refractivity contribution in [1.29, 1.82) is 0 Å². The lowest BCUT2D eigenvalue weighted by Crippen LogP contribution is -2.28. The third kappa shape index (κ3) is 4.63. The molecule has 0 spiro atoms. The van der Waals surface area contributed by atoms with Crippen LogP contribution in [0.25, 0.3) is 82.7 Å². The van der Waals surface area contributed by atoms with Gasteiger partial charge in [-0.25, -0.2) is 4.98 Å². The van der Waals surface area contributed by atoms with Gasteiger partial charge in [-0.05, 0) is 80.9 Å². The Morgan fingerprint density at radius 2 is 0.966 bits per heavy atom. The number of benzene rings is 9. The Balaban J connectivity index is 1.04. The van der Waals surface area contributed by atoms with Crippen LogP contribution in [0.5, 0.6) is 0 Å². The van der Waals surface area contributed by atoms with Crippen LogP contribution in [0.1, 0.15) is 22.3 Å². The molecule has 0 bridgehead atoms. The summed E-state index contributed by atoms with van der Waals surface area (Å²) < 4.78 is 2.43. The highest BCUT2D eigenvalue weighted by Crippen LogP contribution is 2.56. The van der Waals surface area contributed by atoms with Gasteiger partial charge in [0, 0.05) is 38.2 Å². The standard InChI is InChI=1S/C56H36N2/c1-4-16-38(17-5-1)55-47-34-35-52-54(53(47)45-23-11-14-26-50(45)57-55)46-24-12-15-27-51(46)58(52)42-31-28-37(29-32-42)39-30-33-44-43-22-10-13-25-48(43)56(49(44)36-39,40-18-6-2-7-19-40)41-20-8-3-9-21-41/h1-36H. The summed E-state index contributed by atoms with van der Waals surface area (Å²) >= 11 is 0. The second-order valence-electron chi connectivity index (χ2n) is 15.4. The van der Waals surface area contributed by atoms with Gasteiger partial charge in [-0.3, -0.25) is 0 Å². The molecule has 0 atom stereocenters. The number of hydrogen-bond donors (Lipinski definition) is 0. The smallest absolute Gasteiger partial charge is 0.0788 e. The van der Waals surface area contributed by atoms with Crippen LogP contribution in [0.3, 0.4) is 0 Å². The fourth-order valence-corrected chi connectivity index (χ4v) is 10.0. The molecule has 1 aliphatic rings. The molecule has 0 saturated carbocycles. The van der Waals surface area contributed by atoms with Gasteiger partial charge in [0.15, 0.2) is 0 Å². The Kier molecular flexibility index (Phi) is 7.18. The Morgan fingerprint density at radius 1 is 0.362 bits per heavy atom. The van der Waals surface area contributed by atoms with Crippen LogP contribution in [0.15, 0.2) is 218 Å². The van der Waals surface area contributed by atoms with Gasteiger partial charge in [-0.15, -0.1) is 0 Å². The molecule has 270 valence electrons. The van der Waals surface area contributed by atoms with Gasteiger partial charge < -0.3 is 4.57 Å². The van der Waals surface area contributed by atoms with Gasteiger partial charge in [0.25, 0.3) is 0 Å². The van der Waals surface area contributed by atoms with Crippen LogP contribution >= 0.6 is 0 Å². The lowest BCUT2D eigenvalue weighted by molar-refractivity contribution is 0.769. The number of aromatic nitrogens is 2. The fraction of sp³-hybridized carbons (Fsp3) is 0.0179. The van der Waals surface area contributed by atoms with E-state index in [1.54, 1.807) is 0 Å². The van der Waals surface area contributed by atoms with Crippen LogP contribution < -0.4 is 0 Å². The van der Waals surface area contributed by atoms with Crippen molar-refractivity contribution in [3.63, 3.8) is 0 Å². The van der Waals surface area contributed by atoms with Crippen molar-refractivity contribution in [2.75, 3.05) is 0 Å². The molecule has 2 aromatic heterocycles. The van der Waals surface area contributed by atoms with E-state index in [1.165, 1.54) is 77.1 Å². The quantitative estimate of drug-likeness (QED) is 0.161. The van der Waals surface area contributed by atoms with Crippen molar-refractivity contribution in [1.82, 2.24) is 9.55 Å². The van der Waals surface area contributed by atoms with Crippen molar-refractivity contribution in [2.24, 2.45) is 0 Å². The van der Waals surface area contributed by atoms with Crippen molar-refractivity contribution >= 4 is 43.5 Å². The van der Waals surface area contributed by atoms with Crippen LogP contribution in [0.2, 0.25) is 0 Å². The molecule has 12 rings (SSSR count). The number of pyridine rings is 1. The molecule has 0 saturated heterocycles. The Bertz CT molecular complexity index is 3320. The molecule has 0 amide bonds. The molecular weight excluding hydrogens is 701 g/mol. The zero-order valence-electron chi connectivity index (χ0n) is 31.7. The van der Waals surface area contributed by atoms with E-state index in [2.05, 4.69) is 223 Å². The van der Waals surface area contributed by atoms with Gasteiger partial charge in [0.05, 0.1) is 27.7 Å². The van der Waals surface area contributed by atoms with Crippen LogP contribution in [0, 0.1) is 0 Å². The maximum absolute atomic E-state index is 5.23. The topological polar surface area (TPSA) is 17.8 Å². The molecule has 0 unspecified atom stereocenters. The summed E-state index contributed by atoms with van der Waals surface area (Å²) in [5.41, 5.74) is 16.4. The molecule has 2 heterocycles. The second-order valence-corrected chi connectivity index (χ2v) is 15.4. The highest BCUT2D eigenvalue weighted by atomic mass is 15.0. The number of para-hydroxylation sites is 2. The van der Waals surface area contributed by atoms with Gasteiger partial charge in [0.1, 0.15) is 0 Å². The number of fused-ring (bicyclic) bond motifs is 10. The van der Waals surface area contributed by atoms with Crippen molar-refractivity contribution in [3.8, 4) is 39.2 Å². The lowest BCUT2D eigenvalue weighted by Gasteiger charge is -2.34. The first-order valence-electron chi connectivity index (χ1n) is 20.1. The molecule has 11 aromatic rings. The molecule has 2 heteroatoms. The van der Waals surface area contributed by atoms with E-state index >= 15 is 0 Å². The number of rotatable bonds is 5. The lowest BCUT2D eigenvalue weighted by atomic mass is 9.67. The minimum Gasteiger partial charge on any atom is -0.309 e. The van der Waals surface area contributed by atoms with Gasteiger partial charge in [0.2, 0.25) is 0 Å². The SMILES string of the molecule is c1ccc(-c2nc3ccccc3c3c2ccc2c3c3ccccc3n2-c2ccc(-c3ccc4c(c3)C(c3ccccc3)(c3ccccc3)c3ccccc3-4)cc2)cc1. The summed E-state index contributed by atoms with van der Waals surface area (Å²) in [6.07, 6.45) is 0. The number of nitrogens with zero attached hydrogens (tertiary/aromatic N) is 2. The Hall–Kier alpha value is -7.55. The summed E-state index contributed by atoms with van der Waals surface area (Å²) in [5, 5.41) is 6.06. The van der Waals surface area contributed by atoms with Crippen LogP contribution in [0.4, 0.5) is 0 Å². The normalized spacial score (nSPS) is 13.0.